The highest BCUT2D eigenvalue weighted by molar-refractivity contribution is 6.04. The molecule has 0 aromatic heterocycles. The molecule has 1 aliphatic carbocycles. The van der Waals surface area contributed by atoms with Crippen molar-refractivity contribution >= 4 is 11.4 Å². The van der Waals surface area contributed by atoms with Gasteiger partial charge in [0.15, 0.2) is 12.6 Å². The van der Waals surface area contributed by atoms with Crippen molar-refractivity contribution in [3.8, 4) is 5.75 Å². The lowest BCUT2D eigenvalue weighted by Gasteiger charge is -2.19. The Balaban J connectivity index is 2.32. The van der Waals surface area contributed by atoms with Crippen molar-refractivity contribution in [2.24, 2.45) is 0 Å². The summed E-state index contributed by atoms with van der Waals surface area (Å²) >= 11 is 0. The van der Waals surface area contributed by atoms with E-state index in [2.05, 4.69) is 0 Å². The number of Topliss-reactive ketones (excluding diaryl/α,β-unsaturated/α-hetero) is 1. The molecule has 1 aromatic rings. The van der Waals surface area contributed by atoms with Crippen molar-refractivity contribution in [2.75, 3.05) is 13.9 Å². The number of methoxy groups -OCH3 is 1. The maximum atomic E-state index is 12.0. The minimum atomic E-state index is 0.238. The second kappa shape index (κ2) is 6.53. The van der Waals surface area contributed by atoms with Gasteiger partial charge in [-0.2, -0.15) is 0 Å². The van der Waals surface area contributed by atoms with E-state index >= 15 is 0 Å². The lowest BCUT2D eigenvalue weighted by Crippen LogP contribution is -2.10. The van der Waals surface area contributed by atoms with Crippen LogP contribution in [0.5, 0.6) is 5.75 Å². The van der Waals surface area contributed by atoms with Crippen molar-refractivity contribution in [2.45, 2.75) is 32.6 Å². The third-order valence-corrected chi connectivity index (χ3v) is 3.41. The summed E-state index contributed by atoms with van der Waals surface area (Å²) in [6, 6.07) is 7.89. The van der Waals surface area contributed by atoms with Crippen LogP contribution in [-0.4, -0.2) is 19.7 Å². The monoisotopic (exact) mass is 260 g/mol. The average molecular weight is 260 g/mol. The second-order valence-electron chi connectivity index (χ2n) is 4.67. The summed E-state index contributed by atoms with van der Waals surface area (Å²) in [5.74, 6) is 1.08. The lowest BCUT2D eigenvalue weighted by atomic mass is 9.85. The number of carbonyl (C=O) groups is 1. The van der Waals surface area contributed by atoms with Crippen molar-refractivity contribution in [3.05, 3.63) is 35.4 Å². The van der Waals surface area contributed by atoms with Gasteiger partial charge in [0.2, 0.25) is 0 Å². The van der Waals surface area contributed by atoms with Crippen LogP contribution >= 0.6 is 0 Å². The molecule has 0 N–H and O–H groups in total. The van der Waals surface area contributed by atoms with Gasteiger partial charge in [-0.25, -0.2) is 0 Å². The SMILES string of the molecule is CCC1=C(c2cccc(OCOC)c2)CCCC1=O. The van der Waals surface area contributed by atoms with E-state index in [1.54, 1.807) is 7.11 Å². The molecule has 19 heavy (non-hydrogen) atoms. The summed E-state index contributed by atoms with van der Waals surface area (Å²) in [4.78, 5) is 12.0. The van der Waals surface area contributed by atoms with E-state index in [0.717, 1.165) is 36.1 Å². The van der Waals surface area contributed by atoms with Crippen molar-refractivity contribution in [1.29, 1.82) is 0 Å². The van der Waals surface area contributed by atoms with Crippen molar-refractivity contribution in [3.63, 3.8) is 0 Å². The lowest BCUT2D eigenvalue weighted by molar-refractivity contribution is -0.116. The minimum absolute atomic E-state index is 0.238. The third kappa shape index (κ3) is 3.24. The van der Waals surface area contributed by atoms with E-state index in [9.17, 15) is 4.79 Å². The van der Waals surface area contributed by atoms with Crippen LogP contribution in [0, 0.1) is 0 Å². The first-order chi connectivity index (χ1) is 9.26. The van der Waals surface area contributed by atoms with Crippen LogP contribution < -0.4 is 4.74 Å². The molecule has 0 bridgehead atoms. The first kappa shape index (κ1) is 13.8. The van der Waals surface area contributed by atoms with E-state index in [4.69, 9.17) is 9.47 Å². The summed E-state index contributed by atoms with van der Waals surface area (Å²) in [6.45, 7) is 2.28. The maximum Gasteiger partial charge on any atom is 0.188 e. The number of ether oxygens (including phenoxy) is 2. The molecule has 3 heteroatoms. The summed E-state index contributed by atoms with van der Waals surface area (Å²) in [5.41, 5.74) is 3.26. The number of carbonyl (C=O) groups excluding carboxylic acids is 1. The van der Waals surface area contributed by atoms with Crippen LogP contribution in [-0.2, 0) is 9.53 Å². The van der Waals surface area contributed by atoms with Gasteiger partial charge in [-0.05, 0) is 48.1 Å². The van der Waals surface area contributed by atoms with Gasteiger partial charge in [-0.15, -0.1) is 0 Å². The maximum absolute atomic E-state index is 12.0. The first-order valence-corrected chi connectivity index (χ1v) is 6.73. The molecule has 2 rings (SSSR count). The van der Waals surface area contributed by atoms with Crippen LogP contribution in [0.4, 0.5) is 0 Å². The Morgan fingerprint density at radius 1 is 1.26 bits per heavy atom. The number of benzene rings is 1. The predicted octanol–water partition coefficient (Wildman–Crippen LogP) is 3.59. The number of hydrogen-bond donors (Lipinski definition) is 0. The standard InChI is InChI=1S/C16H20O3/c1-3-14-15(8-5-9-16(14)17)12-6-4-7-13(10-12)19-11-18-2/h4,6-7,10H,3,5,8-9,11H2,1-2H3. The summed E-state index contributed by atoms with van der Waals surface area (Å²) in [6.07, 6.45) is 3.41. The summed E-state index contributed by atoms with van der Waals surface area (Å²) in [5, 5.41) is 0. The number of ketones is 1. The Hall–Kier alpha value is -1.61. The molecular weight excluding hydrogens is 240 g/mol. The molecule has 0 saturated carbocycles. The Morgan fingerprint density at radius 2 is 2.11 bits per heavy atom. The van der Waals surface area contributed by atoms with E-state index in [1.165, 1.54) is 5.57 Å². The third-order valence-electron chi connectivity index (χ3n) is 3.41. The zero-order valence-corrected chi connectivity index (χ0v) is 11.6. The van der Waals surface area contributed by atoms with Gasteiger partial charge >= 0.3 is 0 Å². The molecule has 3 nitrogen and oxygen atoms in total. The van der Waals surface area contributed by atoms with Gasteiger partial charge in [0.1, 0.15) is 5.75 Å². The van der Waals surface area contributed by atoms with Gasteiger partial charge in [0.25, 0.3) is 0 Å². The fourth-order valence-corrected chi connectivity index (χ4v) is 2.53. The van der Waals surface area contributed by atoms with Gasteiger partial charge in [-0.1, -0.05) is 19.1 Å². The largest absolute Gasteiger partial charge is 0.468 e. The van der Waals surface area contributed by atoms with Crippen LogP contribution in [0.25, 0.3) is 5.57 Å². The van der Waals surface area contributed by atoms with E-state index in [1.807, 2.05) is 31.2 Å². The van der Waals surface area contributed by atoms with Crippen LogP contribution in [0.3, 0.4) is 0 Å². The van der Waals surface area contributed by atoms with Crippen LogP contribution in [0.2, 0.25) is 0 Å². The molecule has 0 atom stereocenters. The highest BCUT2D eigenvalue weighted by Crippen LogP contribution is 2.33. The average Bonchev–Trinajstić information content (AvgIpc) is 2.45. The molecule has 0 heterocycles. The Kier molecular flexibility index (Phi) is 4.74. The molecule has 0 radical (unpaired) electrons. The minimum Gasteiger partial charge on any atom is -0.468 e. The molecule has 0 amide bonds. The molecule has 1 aromatic carbocycles. The highest BCUT2D eigenvalue weighted by Gasteiger charge is 2.20. The normalized spacial score (nSPS) is 15.8. The van der Waals surface area contributed by atoms with Gasteiger partial charge in [-0.3, -0.25) is 4.79 Å². The fraction of sp³-hybridized carbons (Fsp3) is 0.438. The molecule has 0 saturated heterocycles. The number of hydrogen-bond acceptors (Lipinski definition) is 3. The van der Waals surface area contributed by atoms with Gasteiger partial charge in [0, 0.05) is 13.5 Å². The Morgan fingerprint density at radius 3 is 2.84 bits per heavy atom. The topological polar surface area (TPSA) is 35.5 Å². The predicted molar refractivity (Wildman–Crippen MR) is 75.0 cm³/mol. The van der Waals surface area contributed by atoms with Gasteiger partial charge in [0.05, 0.1) is 0 Å². The van der Waals surface area contributed by atoms with E-state index < -0.39 is 0 Å². The van der Waals surface area contributed by atoms with Crippen LogP contribution in [0.1, 0.15) is 38.2 Å². The van der Waals surface area contributed by atoms with Gasteiger partial charge < -0.3 is 9.47 Å². The first-order valence-electron chi connectivity index (χ1n) is 6.73. The summed E-state index contributed by atoms with van der Waals surface area (Å²) in [7, 11) is 1.60. The molecule has 0 aliphatic heterocycles. The zero-order chi connectivity index (χ0) is 13.7. The Labute approximate surface area is 114 Å². The smallest absolute Gasteiger partial charge is 0.188 e. The van der Waals surface area contributed by atoms with Crippen molar-refractivity contribution < 1.29 is 14.3 Å². The van der Waals surface area contributed by atoms with Crippen molar-refractivity contribution in [1.82, 2.24) is 0 Å². The molecule has 0 fully saturated rings. The quantitative estimate of drug-likeness (QED) is 0.759. The second-order valence-corrected chi connectivity index (χ2v) is 4.67. The highest BCUT2D eigenvalue weighted by atomic mass is 16.7. The van der Waals surface area contributed by atoms with E-state index in [0.29, 0.717) is 12.2 Å². The number of rotatable bonds is 5. The molecule has 102 valence electrons. The zero-order valence-electron chi connectivity index (χ0n) is 11.6. The molecule has 0 spiro atoms. The number of allylic oxidation sites excluding steroid dienone is 2. The fourth-order valence-electron chi connectivity index (χ4n) is 2.53. The molecule has 1 aliphatic rings. The molecule has 0 unspecified atom stereocenters. The van der Waals surface area contributed by atoms with E-state index in [-0.39, 0.29) is 6.79 Å². The summed E-state index contributed by atoms with van der Waals surface area (Å²) < 4.78 is 10.4. The van der Waals surface area contributed by atoms with Crippen LogP contribution in [0.15, 0.2) is 29.8 Å². The molecular formula is C16H20O3. The Bertz CT molecular complexity index is 489.